The van der Waals surface area contributed by atoms with Crippen LogP contribution in [-0.2, 0) is 9.59 Å². The lowest BCUT2D eigenvalue weighted by atomic mass is 10.1. The van der Waals surface area contributed by atoms with Crippen molar-refractivity contribution < 1.29 is 19.8 Å². The van der Waals surface area contributed by atoms with E-state index in [1.807, 2.05) is 13.0 Å². The molecule has 0 amide bonds. The van der Waals surface area contributed by atoms with Crippen LogP contribution in [0.1, 0.15) is 5.56 Å². The first-order chi connectivity index (χ1) is 9.49. The number of anilines is 1. The Kier molecular flexibility index (Phi) is 3.60. The van der Waals surface area contributed by atoms with Gasteiger partial charge in [0.2, 0.25) is 0 Å². The smallest absolute Gasteiger partial charge is 0.141 e. The third kappa shape index (κ3) is 2.72. The van der Waals surface area contributed by atoms with Crippen molar-refractivity contribution >= 4 is 28.7 Å². The van der Waals surface area contributed by atoms with Crippen molar-refractivity contribution in [1.29, 1.82) is 0 Å². The molecular weight excluding hydrogens is 262 g/mol. The standard InChI is InChI=1S/C13H11N3O4/c1-7-2-3-10-8(4-7)11(16-6-15-10)14-5-9(12(17)18)13(19)20/h2-6H,1H3,(H,17,18)(H,19,20)(H,14,15,16)/p-2. The number of aryl methyl sites for hydroxylation is 1. The molecule has 0 aliphatic heterocycles. The second kappa shape index (κ2) is 5.35. The van der Waals surface area contributed by atoms with E-state index in [-0.39, 0.29) is 0 Å². The SMILES string of the molecule is Cc1ccc2ncnc(NC=C(C(=O)[O-])C(=O)[O-])c2c1. The molecule has 20 heavy (non-hydrogen) atoms. The van der Waals surface area contributed by atoms with Crippen molar-refractivity contribution in [2.24, 2.45) is 0 Å². The van der Waals surface area contributed by atoms with Crippen LogP contribution in [0, 0.1) is 6.92 Å². The first-order valence-corrected chi connectivity index (χ1v) is 5.60. The lowest BCUT2D eigenvalue weighted by molar-refractivity contribution is -0.312. The van der Waals surface area contributed by atoms with Gasteiger partial charge in [-0.2, -0.15) is 0 Å². The minimum Gasteiger partial charge on any atom is -0.545 e. The molecule has 7 nitrogen and oxygen atoms in total. The summed E-state index contributed by atoms with van der Waals surface area (Å²) in [5, 5.41) is 24.4. The molecule has 102 valence electrons. The van der Waals surface area contributed by atoms with Gasteiger partial charge in [-0.25, -0.2) is 9.97 Å². The quantitative estimate of drug-likeness (QED) is 0.418. The maximum Gasteiger partial charge on any atom is 0.141 e. The summed E-state index contributed by atoms with van der Waals surface area (Å²) in [6.07, 6.45) is 2.06. The van der Waals surface area contributed by atoms with Crippen LogP contribution in [0.4, 0.5) is 5.82 Å². The van der Waals surface area contributed by atoms with Crippen molar-refractivity contribution in [1.82, 2.24) is 9.97 Å². The Morgan fingerprint density at radius 2 is 1.90 bits per heavy atom. The number of nitrogens with one attached hydrogen (secondary N) is 1. The highest BCUT2D eigenvalue weighted by molar-refractivity contribution is 6.11. The van der Waals surface area contributed by atoms with E-state index in [0.717, 1.165) is 11.8 Å². The number of aliphatic carboxylic acids is 2. The minimum atomic E-state index is -1.84. The fourth-order valence-electron chi connectivity index (χ4n) is 1.63. The average Bonchev–Trinajstić information content (AvgIpc) is 2.38. The van der Waals surface area contributed by atoms with Gasteiger partial charge in [-0.1, -0.05) is 11.6 Å². The Labute approximate surface area is 113 Å². The first kappa shape index (κ1) is 13.5. The van der Waals surface area contributed by atoms with Crippen LogP contribution in [0.15, 0.2) is 36.3 Å². The molecule has 0 bridgehead atoms. The molecule has 0 spiro atoms. The average molecular weight is 271 g/mol. The molecule has 7 heteroatoms. The van der Waals surface area contributed by atoms with Gasteiger partial charge in [0.05, 0.1) is 17.5 Å². The Hall–Kier alpha value is -2.96. The molecule has 0 fully saturated rings. The summed E-state index contributed by atoms with van der Waals surface area (Å²) in [5.41, 5.74) is 0.605. The van der Waals surface area contributed by atoms with E-state index >= 15 is 0 Å². The van der Waals surface area contributed by atoms with E-state index in [4.69, 9.17) is 0 Å². The van der Waals surface area contributed by atoms with Crippen molar-refractivity contribution in [3.05, 3.63) is 41.9 Å². The maximum absolute atomic E-state index is 10.6. The summed E-state index contributed by atoms with van der Waals surface area (Å²) in [4.78, 5) is 29.2. The topological polar surface area (TPSA) is 118 Å². The molecule has 2 aromatic rings. The Morgan fingerprint density at radius 1 is 1.20 bits per heavy atom. The number of fused-ring (bicyclic) bond motifs is 1. The van der Waals surface area contributed by atoms with E-state index in [2.05, 4.69) is 15.3 Å². The van der Waals surface area contributed by atoms with E-state index in [9.17, 15) is 19.8 Å². The molecule has 0 saturated heterocycles. The number of rotatable bonds is 4. The van der Waals surface area contributed by atoms with E-state index in [0.29, 0.717) is 16.7 Å². The number of carbonyl (C=O) groups excluding carboxylic acids is 2. The summed E-state index contributed by atoms with van der Waals surface area (Å²) in [6.45, 7) is 1.87. The van der Waals surface area contributed by atoms with Crippen LogP contribution in [0.25, 0.3) is 10.9 Å². The molecule has 0 radical (unpaired) electrons. The monoisotopic (exact) mass is 271 g/mol. The van der Waals surface area contributed by atoms with Gasteiger partial charge in [0.25, 0.3) is 0 Å². The Bertz CT molecular complexity index is 709. The van der Waals surface area contributed by atoms with Crippen LogP contribution in [-0.4, -0.2) is 21.9 Å². The highest BCUT2D eigenvalue weighted by Crippen LogP contribution is 2.20. The normalized spacial score (nSPS) is 10.1. The molecule has 1 aromatic heterocycles. The summed E-state index contributed by atoms with van der Waals surface area (Å²) in [6, 6.07) is 5.44. The largest absolute Gasteiger partial charge is 0.545 e. The Morgan fingerprint density at radius 3 is 2.55 bits per heavy atom. The van der Waals surface area contributed by atoms with Gasteiger partial charge in [-0.3, -0.25) is 0 Å². The zero-order valence-corrected chi connectivity index (χ0v) is 10.4. The van der Waals surface area contributed by atoms with Crippen LogP contribution in [0.2, 0.25) is 0 Å². The van der Waals surface area contributed by atoms with E-state index in [1.54, 1.807) is 12.1 Å². The predicted octanol–water partition coefficient (Wildman–Crippen LogP) is -1.27. The van der Waals surface area contributed by atoms with Crippen molar-refractivity contribution in [3.63, 3.8) is 0 Å². The number of carboxylic acid groups (broad SMARTS) is 2. The van der Waals surface area contributed by atoms with Crippen molar-refractivity contribution in [2.75, 3.05) is 5.32 Å². The number of nitrogens with zero attached hydrogens (tertiary/aromatic N) is 2. The van der Waals surface area contributed by atoms with Crippen LogP contribution in [0.5, 0.6) is 0 Å². The molecule has 1 aromatic carbocycles. The molecule has 0 saturated carbocycles. The summed E-state index contributed by atoms with van der Waals surface area (Å²) >= 11 is 0. The van der Waals surface area contributed by atoms with Gasteiger partial charge in [-0.05, 0) is 19.1 Å². The fraction of sp³-hybridized carbons (Fsp3) is 0.0769. The predicted molar refractivity (Wildman–Crippen MR) is 66.0 cm³/mol. The van der Waals surface area contributed by atoms with E-state index < -0.39 is 17.5 Å². The molecular formula is C13H9N3O4-2. The lowest BCUT2D eigenvalue weighted by Crippen LogP contribution is -2.36. The van der Waals surface area contributed by atoms with Crippen LogP contribution < -0.4 is 15.5 Å². The number of hydrogen-bond donors (Lipinski definition) is 1. The maximum atomic E-state index is 10.6. The van der Waals surface area contributed by atoms with Gasteiger partial charge in [0.1, 0.15) is 12.1 Å². The van der Waals surface area contributed by atoms with Gasteiger partial charge in [0, 0.05) is 17.2 Å². The highest BCUT2D eigenvalue weighted by atomic mass is 16.4. The van der Waals surface area contributed by atoms with E-state index in [1.165, 1.54) is 6.33 Å². The molecule has 1 N–H and O–H groups in total. The zero-order chi connectivity index (χ0) is 14.7. The fourth-order valence-corrected chi connectivity index (χ4v) is 1.63. The lowest BCUT2D eigenvalue weighted by Gasteiger charge is -2.11. The molecule has 0 aliphatic rings. The summed E-state index contributed by atoms with van der Waals surface area (Å²) < 4.78 is 0. The molecule has 0 atom stereocenters. The summed E-state index contributed by atoms with van der Waals surface area (Å²) in [7, 11) is 0. The second-order valence-electron chi connectivity index (χ2n) is 4.02. The van der Waals surface area contributed by atoms with Gasteiger partial charge in [0.15, 0.2) is 0 Å². The first-order valence-electron chi connectivity index (χ1n) is 5.60. The third-order valence-corrected chi connectivity index (χ3v) is 2.58. The van der Waals surface area contributed by atoms with Gasteiger partial charge < -0.3 is 25.1 Å². The molecule has 1 heterocycles. The number of carboxylic acids is 2. The van der Waals surface area contributed by atoms with Crippen molar-refractivity contribution in [2.45, 2.75) is 6.92 Å². The highest BCUT2D eigenvalue weighted by Gasteiger charge is 2.04. The van der Waals surface area contributed by atoms with Gasteiger partial charge >= 0.3 is 0 Å². The molecule has 0 unspecified atom stereocenters. The number of aromatic nitrogens is 2. The number of benzene rings is 1. The molecule has 0 aliphatic carbocycles. The number of hydrogen-bond acceptors (Lipinski definition) is 7. The van der Waals surface area contributed by atoms with Crippen LogP contribution in [0.3, 0.4) is 0 Å². The summed E-state index contributed by atoms with van der Waals surface area (Å²) in [5.74, 6) is -3.39. The Balaban J connectivity index is 2.44. The number of carbonyl (C=O) groups is 2. The van der Waals surface area contributed by atoms with Crippen LogP contribution >= 0.6 is 0 Å². The van der Waals surface area contributed by atoms with Gasteiger partial charge in [-0.15, -0.1) is 0 Å². The van der Waals surface area contributed by atoms with Crippen molar-refractivity contribution in [3.8, 4) is 0 Å². The second-order valence-corrected chi connectivity index (χ2v) is 4.02. The zero-order valence-electron chi connectivity index (χ0n) is 10.4. The molecule has 2 rings (SSSR count). The third-order valence-electron chi connectivity index (χ3n) is 2.58. The minimum absolute atomic E-state index is 0.290.